The zero-order valence-corrected chi connectivity index (χ0v) is 19.1. The molecule has 3 N–H and O–H groups in total. The predicted octanol–water partition coefficient (Wildman–Crippen LogP) is 1.94. The molecule has 0 aliphatic carbocycles. The fraction of sp³-hybridized carbons (Fsp3) is 0.391. The van der Waals surface area contributed by atoms with E-state index in [0.29, 0.717) is 30.2 Å². The van der Waals surface area contributed by atoms with E-state index in [2.05, 4.69) is 5.32 Å². The van der Waals surface area contributed by atoms with Crippen molar-refractivity contribution >= 4 is 33.2 Å². The summed E-state index contributed by atoms with van der Waals surface area (Å²) in [7, 11) is -3.55. The van der Waals surface area contributed by atoms with E-state index in [-0.39, 0.29) is 23.9 Å². The number of amides is 2. The van der Waals surface area contributed by atoms with Crippen LogP contribution in [-0.4, -0.2) is 56.8 Å². The van der Waals surface area contributed by atoms with Gasteiger partial charge in [0.05, 0.1) is 23.7 Å². The zero-order chi connectivity index (χ0) is 23.4. The zero-order valence-electron chi connectivity index (χ0n) is 18.3. The molecule has 9 nitrogen and oxygen atoms in total. The Hall–Kier alpha value is -3.11. The minimum Gasteiger partial charge on any atom is -0.477 e. The quantitative estimate of drug-likeness (QED) is 0.663. The summed E-state index contributed by atoms with van der Waals surface area (Å²) in [6, 6.07) is 13.3. The van der Waals surface area contributed by atoms with Gasteiger partial charge in [0.2, 0.25) is 15.9 Å². The smallest absolute Gasteiger partial charge is 0.260 e. The molecular formula is C23H28N4O5S. The number of nitrogens with two attached hydrogens (primary N) is 1. The summed E-state index contributed by atoms with van der Waals surface area (Å²) in [4.78, 5) is 26.3. The van der Waals surface area contributed by atoms with E-state index in [1.807, 2.05) is 12.1 Å². The van der Waals surface area contributed by atoms with E-state index < -0.39 is 22.0 Å². The number of fused-ring (bicyclic) bond motifs is 1. The van der Waals surface area contributed by atoms with Crippen molar-refractivity contribution in [3.63, 3.8) is 0 Å². The summed E-state index contributed by atoms with van der Waals surface area (Å²) >= 11 is 0. The topological polar surface area (TPSA) is 122 Å². The Kier molecular flexibility index (Phi) is 6.85. The third kappa shape index (κ3) is 5.28. The number of primary amides is 1. The lowest BCUT2D eigenvalue weighted by Gasteiger charge is -2.34. The Morgan fingerprint density at radius 2 is 1.67 bits per heavy atom. The lowest BCUT2D eigenvalue weighted by atomic mass is 10.1. The van der Waals surface area contributed by atoms with E-state index in [1.165, 1.54) is 12.1 Å². The van der Waals surface area contributed by atoms with Gasteiger partial charge in [-0.2, -0.15) is 4.31 Å². The van der Waals surface area contributed by atoms with Crippen LogP contribution in [0.25, 0.3) is 0 Å². The van der Waals surface area contributed by atoms with Crippen LogP contribution in [0, 0.1) is 0 Å². The van der Waals surface area contributed by atoms with E-state index in [0.717, 1.165) is 25.7 Å². The molecule has 2 aliphatic rings. The van der Waals surface area contributed by atoms with Gasteiger partial charge in [-0.05, 0) is 49.2 Å². The van der Waals surface area contributed by atoms with Crippen molar-refractivity contribution in [3.05, 3.63) is 48.5 Å². The molecule has 1 atom stereocenters. The van der Waals surface area contributed by atoms with Gasteiger partial charge in [-0.1, -0.05) is 25.0 Å². The predicted molar refractivity (Wildman–Crippen MR) is 125 cm³/mol. The fourth-order valence-electron chi connectivity index (χ4n) is 4.12. The third-order valence-corrected chi connectivity index (χ3v) is 7.77. The maximum atomic E-state index is 12.9. The Balaban J connectivity index is 1.42. The fourth-order valence-corrected chi connectivity index (χ4v) is 5.64. The second-order valence-electron chi connectivity index (χ2n) is 8.25. The molecule has 2 aromatic rings. The Labute approximate surface area is 193 Å². The van der Waals surface area contributed by atoms with Crippen molar-refractivity contribution in [1.29, 1.82) is 0 Å². The van der Waals surface area contributed by atoms with E-state index >= 15 is 0 Å². The van der Waals surface area contributed by atoms with Gasteiger partial charge in [0.15, 0.2) is 6.10 Å². The first-order valence-electron chi connectivity index (χ1n) is 11.0. The number of anilines is 2. The van der Waals surface area contributed by atoms with Crippen LogP contribution >= 0.6 is 0 Å². The lowest BCUT2D eigenvalue weighted by molar-refractivity contribution is -0.125. The first-order valence-corrected chi connectivity index (χ1v) is 12.5. The number of ether oxygens (including phenoxy) is 1. The van der Waals surface area contributed by atoms with Crippen molar-refractivity contribution in [2.24, 2.45) is 5.73 Å². The number of sulfonamides is 1. The summed E-state index contributed by atoms with van der Waals surface area (Å²) < 4.78 is 33.0. The molecular weight excluding hydrogens is 444 g/mol. The molecule has 0 bridgehead atoms. The Morgan fingerprint density at radius 1 is 1.00 bits per heavy atom. The monoisotopic (exact) mass is 472 g/mol. The van der Waals surface area contributed by atoms with Gasteiger partial charge in [0.25, 0.3) is 5.91 Å². The standard InChI is InChI=1S/C23H28N4O5S/c24-23(29)21-15-26(19-7-3-4-8-20(19)32-21)16-22(28)25-17-9-11-18(12-10-17)33(30,31)27-13-5-1-2-6-14-27/h3-4,7-12,21H,1-2,5-6,13-16H2,(H2,24,29)(H,25,28)/t21-/m1/s1. The van der Waals surface area contributed by atoms with Gasteiger partial charge >= 0.3 is 0 Å². The minimum absolute atomic E-state index is 0.0159. The molecule has 0 spiro atoms. The summed E-state index contributed by atoms with van der Waals surface area (Å²) in [5.74, 6) is -0.419. The SMILES string of the molecule is NC(=O)[C@H]1CN(CC(=O)Nc2ccc(S(=O)(=O)N3CCCCCC3)cc2)c2ccccc2O1. The van der Waals surface area contributed by atoms with Crippen LogP contribution in [0.2, 0.25) is 0 Å². The highest BCUT2D eigenvalue weighted by atomic mass is 32.2. The molecule has 10 heteroatoms. The second-order valence-corrected chi connectivity index (χ2v) is 10.2. The molecule has 33 heavy (non-hydrogen) atoms. The van der Waals surface area contributed by atoms with Crippen LogP contribution in [0.3, 0.4) is 0 Å². The van der Waals surface area contributed by atoms with Crippen molar-refractivity contribution in [2.45, 2.75) is 36.7 Å². The highest BCUT2D eigenvalue weighted by Crippen LogP contribution is 2.33. The first-order chi connectivity index (χ1) is 15.8. The van der Waals surface area contributed by atoms with Crippen LogP contribution < -0.4 is 20.7 Å². The maximum absolute atomic E-state index is 12.9. The summed E-state index contributed by atoms with van der Waals surface area (Å²) in [6.45, 7) is 1.22. The molecule has 1 saturated heterocycles. The molecule has 0 aromatic heterocycles. The van der Waals surface area contributed by atoms with Crippen molar-refractivity contribution < 1.29 is 22.7 Å². The molecule has 176 valence electrons. The third-order valence-electron chi connectivity index (χ3n) is 5.85. The molecule has 0 radical (unpaired) electrons. The number of hydrogen-bond acceptors (Lipinski definition) is 6. The van der Waals surface area contributed by atoms with Gasteiger partial charge in [-0.25, -0.2) is 8.42 Å². The van der Waals surface area contributed by atoms with Crippen LogP contribution in [0.5, 0.6) is 5.75 Å². The van der Waals surface area contributed by atoms with Gasteiger partial charge in [-0.3, -0.25) is 9.59 Å². The number of rotatable bonds is 6. The van der Waals surface area contributed by atoms with Gasteiger partial charge in [0, 0.05) is 18.8 Å². The van der Waals surface area contributed by atoms with Crippen LogP contribution in [-0.2, 0) is 19.6 Å². The number of carbonyl (C=O) groups excluding carboxylic acids is 2. The lowest BCUT2D eigenvalue weighted by Crippen LogP contribution is -2.49. The van der Waals surface area contributed by atoms with E-state index in [1.54, 1.807) is 33.5 Å². The number of nitrogens with one attached hydrogen (secondary N) is 1. The Bertz CT molecular complexity index is 1110. The number of nitrogens with zero attached hydrogens (tertiary/aromatic N) is 2. The first kappa shape index (κ1) is 23.1. The van der Waals surface area contributed by atoms with Crippen LogP contribution in [0.4, 0.5) is 11.4 Å². The normalized spacial score (nSPS) is 19.2. The summed E-state index contributed by atoms with van der Waals surface area (Å²) in [5.41, 5.74) is 6.60. The maximum Gasteiger partial charge on any atom is 0.260 e. The summed E-state index contributed by atoms with van der Waals surface area (Å²) in [5, 5.41) is 2.79. The minimum atomic E-state index is -3.55. The number of carbonyl (C=O) groups is 2. The highest BCUT2D eigenvalue weighted by Gasteiger charge is 2.30. The van der Waals surface area contributed by atoms with Gasteiger partial charge < -0.3 is 20.7 Å². The molecule has 2 aromatic carbocycles. The number of para-hydroxylation sites is 2. The average molecular weight is 473 g/mol. The van der Waals surface area contributed by atoms with Crippen molar-refractivity contribution in [1.82, 2.24) is 4.31 Å². The summed E-state index contributed by atoms with van der Waals surface area (Å²) in [6.07, 6.45) is 2.98. The second kappa shape index (κ2) is 9.80. The largest absolute Gasteiger partial charge is 0.477 e. The average Bonchev–Trinajstić information content (AvgIpc) is 3.09. The Morgan fingerprint density at radius 3 is 2.33 bits per heavy atom. The number of benzene rings is 2. The van der Waals surface area contributed by atoms with Gasteiger partial charge in [-0.15, -0.1) is 0 Å². The van der Waals surface area contributed by atoms with E-state index in [9.17, 15) is 18.0 Å². The van der Waals surface area contributed by atoms with Gasteiger partial charge in [0.1, 0.15) is 5.75 Å². The molecule has 4 rings (SSSR count). The van der Waals surface area contributed by atoms with E-state index in [4.69, 9.17) is 10.5 Å². The molecule has 1 fully saturated rings. The van der Waals surface area contributed by atoms with Crippen molar-refractivity contribution in [2.75, 3.05) is 36.4 Å². The molecule has 0 saturated carbocycles. The van der Waals surface area contributed by atoms with Crippen molar-refractivity contribution in [3.8, 4) is 5.75 Å². The van der Waals surface area contributed by atoms with Crippen LogP contribution in [0.15, 0.2) is 53.4 Å². The number of hydrogen-bond donors (Lipinski definition) is 2. The molecule has 2 aliphatic heterocycles. The van der Waals surface area contributed by atoms with Crippen LogP contribution in [0.1, 0.15) is 25.7 Å². The molecule has 0 unspecified atom stereocenters. The molecule has 2 amide bonds. The molecule has 2 heterocycles. The highest BCUT2D eigenvalue weighted by molar-refractivity contribution is 7.89.